The summed E-state index contributed by atoms with van der Waals surface area (Å²) in [5.74, 6) is -0.367. The van der Waals surface area contributed by atoms with Crippen LogP contribution in [0.4, 0.5) is 0 Å². The molecule has 0 radical (unpaired) electrons. The molecule has 1 aromatic heterocycles. The molecule has 178 valence electrons. The Hall–Kier alpha value is -3.41. The summed E-state index contributed by atoms with van der Waals surface area (Å²) in [5.41, 5.74) is 5.84. The van der Waals surface area contributed by atoms with Crippen LogP contribution in [0.25, 0.3) is 16.9 Å². The molecule has 34 heavy (non-hydrogen) atoms. The predicted octanol–water partition coefficient (Wildman–Crippen LogP) is 5.74. The molecule has 0 spiro atoms. The molecule has 6 nitrogen and oxygen atoms in total. The predicted molar refractivity (Wildman–Crippen MR) is 133 cm³/mol. The lowest BCUT2D eigenvalue weighted by Gasteiger charge is -2.35. The zero-order valence-electron chi connectivity index (χ0n) is 20.5. The van der Waals surface area contributed by atoms with Crippen LogP contribution >= 0.6 is 0 Å². The van der Waals surface area contributed by atoms with Crippen molar-refractivity contribution in [2.24, 2.45) is 0 Å². The molecule has 6 heteroatoms. The molecule has 1 atom stereocenters. The molecular formula is C28H33N3O3. The Bertz CT molecular complexity index is 1180. The fourth-order valence-corrected chi connectivity index (χ4v) is 4.59. The molecule has 1 fully saturated rings. The van der Waals surface area contributed by atoms with Crippen molar-refractivity contribution in [2.45, 2.75) is 59.4 Å². The van der Waals surface area contributed by atoms with E-state index < -0.39 is 5.97 Å². The van der Waals surface area contributed by atoms with Gasteiger partial charge < -0.3 is 9.64 Å². The molecule has 2 aromatic carbocycles. The molecule has 1 aliphatic heterocycles. The van der Waals surface area contributed by atoms with Gasteiger partial charge in [-0.2, -0.15) is 5.10 Å². The second-order valence-electron chi connectivity index (χ2n) is 8.95. The van der Waals surface area contributed by atoms with Crippen molar-refractivity contribution in [3.05, 3.63) is 70.9 Å². The van der Waals surface area contributed by atoms with Crippen LogP contribution in [0.1, 0.15) is 71.5 Å². The lowest BCUT2D eigenvalue weighted by Crippen LogP contribution is -2.43. The number of carbonyl (C=O) groups excluding carboxylic acids is 2. The number of amides is 1. The van der Waals surface area contributed by atoms with E-state index in [9.17, 15) is 9.59 Å². The van der Waals surface area contributed by atoms with Gasteiger partial charge in [-0.1, -0.05) is 19.1 Å². The molecule has 0 N–H and O–H groups in total. The Morgan fingerprint density at radius 3 is 2.44 bits per heavy atom. The van der Waals surface area contributed by atoms with Crippen LogP contribution in [-0.4, -0.2) is 45.8 Å². The van der Waals surface area contributed by atoms with Crippen LogP contribution < -0.4 is 0 Å². The molecular weight excluding hydrogens is 426 g/mol. The number of ether oxygens (including phenoxy) is 1. The number of rotatable bonds is 6. The van der Waals surface area contributed by atoms with Crippen molar-refractivity contribution in [1.82, 2.24) is 14.7 Å². The SMILES string of the molecule is CCOC(=O)c1cc(-c2ccc(C)c(C)c2)n(-c2ccc(C(=O)N3CCCC[C@@H]3CC)cc2)n1. The van der Waals surface area contributed by atoms with Gasteiger partial charge in [0.05, 0.1) is 18.0 Å². The van der Waals surface area contributed by atoms with Crippen LogP contribution in [0.2, 0.25) is 0 Å². The van der Waals surface area contributed by atoms with Crippen molar-refractivity contribution in [1.29, 1.82) is 0 Å². The largest absolute Gasteiger partial charge is 0.461 e. The van der Waals surface area contributed by atoms with Crippen LogP contribution in [-0.2, 0) is 4.74 Å². The number of hydrogen-bond donors (Lipinski definition) is 0. The van der Waals surface area contributed by atoms with Gasteiger partial charge >= 0.3 is 5.97 Å². The molecule has 1 saturated heterocycles. The third-order valence-electron chi connectivity index (χ3n) is 6.71. The first-order chi connectivity index (χ1) is 16.4. The third kappa shape index (κ3) is 4.76. The normalized spacial score (nSPS) is 15.9. The minimum absolute atomic E-state index is 0.0835. The van der Waals surface area contributed by atoms with E-state index in [-0.39, 0.29) is 18.2 Å². The molecule has 0 unspecified atom stereocenters. The summed E-state index contributed by atoms with van der Waals surface area (Å²) in [4.78, 5) is 27.6. The van der Waals surface area contributed by atoms with Gasteiger partial charge in [-0.15, -0.1) is 0 Å². The van der Waals surface area contributed by atoms with Gasteiger partial charge in [0.2, 0.25) is 0 Å². The first kappa shape index (κ1) is 23.7. The molecule has 1 amide bonds. The summed E-state index contributed by atoms with van der Waals surface area (Å²) in [6.45, 7) is 9.17. The summed E-state index contributed by atoms with van der Waals surface area (Å²) >= 11 is 0. The van der Waals surface area contributed by atoms with E-state index in [1.54, 1.807) is 17.7 Å². The van der Waals surface area contributed by atoms with Crippen molar-refractivity contribution >= 4 is 11.9 Å². The van der Waals surface area contributed by atoms with E-state index in [0.717, 1.165) is 48.3 Å². The van der Waals surface area contributed by atoms with Crippen LogP contribution in [0, 0.1) is 13.8 Å². The minimum atomic E-state index is -0.450. The number of aryl methyl sites for hydroxylation is 2. The van der Waals surface area contributed by atoms with Gasteiger partial charge in [-0.25, -0.2) is 9.48 Å². The zero-order chi connectivity index (χ0) is 24.2. The molecule has 0 bridgehead atoms. The van der Waals surface area contributed by atoms with E-state index in [1.165, 1.54) is 12.0 Å². The maximum absolute atomic E-state index is 13.2. The Labute approximate surface area is 201 Å². The van der Waals surface area contributed by atoms with Gasteiger partial charge in [-0.05, 0) is 94.0 Å². The molecule has 1 aliphatic rings. The van der Waals surface area contributed by atoms with E-state index in [1.807, 2.05) is 35.2 Å². The van der Waals surface area contributed by atoms with Gasteiger partial charge in [0.25, 0.3) is 5.91 Å². The van der Waals surface area contributed by atoms with Gasteiger partial charge in [0.1, 0.15) is 0 Å². The summed E-state index contributed by atoms with van der Waals surface area (Å²) < 4.78 is 6.93. The number of nitrogens with zero attached hydrogens (tertiary/aromatic N) is 3. The maximum Gasteiger partial charge on any atom is 0.358 e. The van der Waals surface area contributed by atoms with E-state index >= 15 is 0 Å². The number of benzene rings is 2. The second-order valence-corrected chi connectivity index (χ2v) is 8.95. The van der Waals surface area contributed by atoms with Crippen LogP contribution in [0.15, 0.2) is 48.5 Å². The molecule has 3 aromatic rings. The highest BCUT2D eigenvalue weighted by Crippen LogP contribution is 2.27. The van der Waals surface area contributed by atoms with Crippen molar-refractivity contribution < 1.29 is 14.3 Å². The third-order valence-corrected chi connectivity index (χ3v) is 6.71. The maximum atomic E-state index is 13.2. The smallest absolute Gasteiger partial charge is 0.358 e. The van der Waals surface area contributed by atoms with Crippen molar-refractivity contribution in [2.75, 3.05) is 13.2 Å². The first-order valence-electron chi connectivity index (χ1n) is 12.2. The number of esters is 1. The van der Waals surface area contributed by atoms with Gasteiger partial charge in [0.15, 0.2) is 5.69 Å². The number of hydrogen-bond acceptors (Lipinski definition) is 4. The highest BCUT2D eigenvalue weighted by Gasteiger charge is 2.26. The van der Waals surface area contributed by atoms with Crippen LogP contribution in [0.3, 0.4) is 0 Å². The summed E-state index contributed by atoms with van der Waals surface area (Å²) in [6, 6.07) is 15.8. The Morgan fingerprint density at radius 2 is 1.76 bits per heavy atom. The fourth-order valence-electron chi connectivity index (χ4n) is 4.59. The minimum Gasteiger partial charge on any atom is -0.461 e. The number of carbonyl (C=O) groups is 2. The standard InChI is InChI=1S/C28H33N3O3/c1-5-23-9-7-8-16-30(23)27(32)21-12-14-24(15-13-21)31-26(18-25(29-31)28(33)34-6-2)22-11-10-19(3)20(4)17-22/h10-15,17-18,23H,5-9,16H2,1-4H3/t23-/m0/s1. The summed E-state index contributed by atoms with van der Waals surface area (Å²) in [5, 5.41) is 4.56. The highest BCUT2D eigenvalue weighted by molar-refractivity contribution is 5.94. The van der Waals surface area contributed by atoms with Gasteiger partial charge in [-0.3, -0.25) is 4.79 Å². The number of likely N-dealkylation sites (tertiary alicyclic amines) is 1. The van der Waals surface area contributed by atoms with E-state index in [0.29, 0.717) is 11.6 Å². The lowest BCUT2D eigenvalue weighted by atomic mass is 9.99. The zero-order valence-corrected chi connectivity index (χ0v) is 20.5. The Balaban J connectivity index is 1.69. The van der Waals surface area contributed by atoms with E-state index in [2.05, 4.69) is 38.0 Å². The fraction of sp³-hybridized carbons (Fsp3) is 0.393. The summed E-state index contributed by atoms with van der Waals surface area (Å²) in [6.07, 6.45) is 4.30. The molecule has 4 rings (SSSR count). The molecule has 0 saturated carbocycles. The van der Waals surface area contributed by atoms with Crippen molar-refractivity contribution in [3.63, 3.8) is 0 Å². The summed E-state index contributed by atoms with van der Waals surface area (Å²) in [7, 11) is 0. The quantitative estimate of drug-likeness (QED) is 0.441. The average Bonchev–Trinajstić information content (AvgIpc) is 3.31. The Kier molecular flexibility index (Phi) is 7.15. The topological polar surface area (TPSA) is 64.4 Å². The molecule has 0 aliphatic carbocycles. The van der Waals surface area contributed by atoms with Crippen LogP contribution in [0.5, 0.6) is 0 Å². The lowest BCUT2D eigenvalue weighted by molar-refractivity contribution is 0.0518. The van der Waals surface area contributed by atoms with Crippen molar-refractivity contribution in [3.8, 4) is 16.9 Å². The molecule has 2 heterocycles. The van der Waals surface area contributed by atoms with Gasteiger partial charge in [0, 0.05) is 23.7 Å². The second kappa shape index (κ2) is 10.2. The van der Waals surface area contributed by atoms with E-state index in [4.69, 9.17) is 4.74 Å². The number of aromatic nitrogens is 2. The average molecular weight is 460 g/mol. The monoisotopic (exact) mass is 459 g/mol. The number of piperidine rings is 1. The Morgan fingerprint density at radius 1 is 1.00 bits per heavy atom. The first-order valence-corrected chi connectivity index (χ1v) is 12.2. The highest BCUT2D eigenvalue weighted by atomic mass is 16.5.